The third-order valence-corrected chi connectivity index (χ3v) is 2.92. The van der Waals surface area contributed by atoms with E-state index in [2.05, 4.69) is 10.1 Å². The van der Waals surface area contributed by atoms with Gasteiger partial charge in [-0.15, -0.1) is 0 Å². The molecule has 5 heteroatoms. The lowest BCUT2D eigenvalue weighted by Gasteiger charge is -2.13. The molecule has 0 aliphatic heterocycles. The van der Waals surface area contributed by atoms with Crippen LogP contribution in [0.5, 0.6) is 0 Å². The number of ether oxygens (including phenoxy) is 1. The fourth-order valence-electron chi connectivity index (χ4n) is 2.18. The standard InChI is InChI=1S/C12H15FN2O2/c13-9-2-3-10-8(7-9)1-4-11(10)15-5-6-17-12(14)16/h2-3,7,11,15H,1,4-6H2,(H2,14,16). The first-order valence-electron chi connectivity index (χ1n) is 5.61. The van der Waals surface area contributed by atoms with E-state index in [4.69, 9.17) is 5.73 Å². The van der Waals surface area contributed by atoms with Crippen molar-refractivity contribution in [2.24, 2.45) is 5.73 Å². The van der Waals surface area contributed by atoms with E-state index < -0.39 is 6.09 Å². The lowest BCUT2D eigenvalue weighted by atomic mass is 10.1. The molecule has 1 unspecified atom stereocenters. The second kappa shape index (κ2) is 5.14. The number of benzene rings is 1. The van der Waals surface area contributed by atoms with Crippen molar-refractivity contribution in [2.75, 3.05) is 13.2 Å². The van der Waals surface area contributed by atoms with E-state index in [-0.39, 0.29) is 18.5 Å². The highest BCUT2D eigenvalue weighted by molar-refractivity contribution is 5.64. The summed E-state index contributed by atoms with van der Waals surface area (Å²) in [5, 5.41) is 3.26. The SMILES string of the molecule is NC(=O)OCCNC1CCc2cc(F)ccc21. The largest absolute Gasteiger partial charge is 0.448 e. The normalized spacial score (nSPS) is 17.8. The minimum Gasteiger partial charge on any atom is -0.448 e. The van der Waals surface area contributed by atoms with Gasteiger partial charge in [0, 0.05) is 12.6 Å². The molecule has 1 aromatic rings. The predicted octanol–water partition coefficient (Wildman–Crippen LogP) is 1.50. The summed E-state index contributed by atoms with van der Waals surface area (Å²) in [5.41, 5.74) is 7.03. The summed E-state index contributed by atoms with van der Waals surface area (Å²) < 4.78 is 17.6. The highest BCUT2D eigenvalue weighted by atomic mass is 19.1. The summed E-state index contributed by atoms with van der Waals surface area (Å²) in [6, 6.07) is 5.07. The number of hydrogen-bond donors (Lipinski definition) is 2. The van der Waals surface area contributed by atoms with Gasteiger partial charge in [-0.25, -0.2) is 9.18 Å². The topological polar surface area (TPSA) is 64.4 Å². The number of carbonyl (C=O) groups is 1. The van der Waals surface area contributed by atoms with E-state index in [1.54, 1.807) is 6.07 Å². The van der Waals surface area contributed by atoms with Crippen molar-refractivity contribution in [3.8, 4) is 0 Å². The Morgan fingerprint density at radius 2 is 2.41 bits per heavy atom. The molecular formula is C12H15FN2O2. The van der Waals surface area contributed by atoms with Gasteiger partial charge >= 0.3 is 6.09 Å². The van der Waals surface area contributed by atoms with Gasteiger partial charge in [0.15, 0.2) is 0 Å². The number of fused-ring (bicyclic) bond motifs is 1. The third-order valence-electron chi connectivity index (χ3n) is 2.92. The zero-order valence-electron chi connectivity index (χ0n) is 9.41. The Kier molecular flexibility index (Phi) is 3.58. The predicted molar refractivity (Wildman–Crippen MR) is 61.0 cm³/mol. The van der Waals surface area contributed by atoms with Crippen LogP contribution in [-0.2, 0) is 11.2 Å². The summed E-state index contributed by atoms with van der Waals surface area (Å²) in [4.78, 5) is 10.4. The molecule has 0 bridgehead atoms. The fourth-order valence-corrected chi connectivity index (χ4v) is 2.18. The molecule has 4 nitrogen and oxygen atoms in total. The van der Waals surface area contributed by atoms with Crippen molar-refractivity contribution in [1.29, 1.82) is 0 Å². The first kappa shape index (κ1) is 11.9. The molecule has 0 saturated carbocycles. The smallest absolute Gasteiger partial charge is 0.404 e. The van der Waals surface area contributed by atoms with Gasteiger partial charge in [0.1, 0.15) is 12.4 Å². The summed E-state index contributed by atoms with van der Waals surface area (Å²) in [7, 11) is 0. The van der Waals surface area contributed by atoms with E-state index >= 15 is 0 Å². The van der Waals surface area contributed by atoms with Gasteiger partial charge in [0.2, 0.25) is 0 Å². The van der Waals surface area contributed by atoms with Gasteiger partial charge in [0.05, 0.1) is 0 Å². The number of rotatable bonds is 4. The van der Waals surface area contributed by atoms with E-state index in [0.717, 1.165) is 24.0 Å². The molecule has 17 heavy (non-hydrogen) atoms. The summed E-state index contributed by atoms with van der Waals surface area (Å²) in [6.07, 6.45) is 1.05. The molecule has 0 radical (unpaired) electrons. The van der Waals surface area contributed by atoms with Gasteiger partial charge in [-0.3, -0.25) is 0 Å². The number of amides is 1. The molecule has 1 amide bonds. The Morgan fingerprint density at radius 3 is 3.18 bits per heavy atom. The zero-order valence-corrected chi connectivity index (χ0v) is 9.41. The highest BCUT2D eigenvalue weighted by Crippen LogP contribution is 2.31. The van der Waals surface area contributed by atoms with E-state index in [9.17, 15) is 9.18 Å². The van der Waals surface area contributed by atoms with Crippen LogP contribution in [0.3, 0.4) is 0 Å². The van der Waals surface area contributed by atoms with Gasteiger partial charge in [-0.2, -0.15) is 0 Å². The molecule has 3 N–H and O–H groups in total. The van der Waals surface area contributed by atoms with Crippen molar-refractivity contribution in [2.45, 2.75) is 18.9 Å². The maximum absolute atomic E-state index is 13.0. The Hall–Kier alpha value is -1.62. The molecule has 0 fully saturated rings. The molecule has 92 valence electrons. The fraction of sp³-hybridized carbons (Fsp3) is 0.417. The minimum atomic E-state index is -0.763. The van der Waals surface area contributed by atoms with Crippen LogP contribution in [0.15, 0.2) is 18.2 Å². The molecule has 1 atom stereocenters. The van der Waals surface area contributed by atoms with Gasteiger partial charge in [0.25, 0.3) is 0 Å². The number of nitrogens with one attached hydrogen (secondary N) is 1. The Labute approximate surface area is 98.9 Å². The van der Waals surface area contributed by atoms with Crippen molar-refractivity contribution in [3.63, 3.8) is 0 Å². The molecule has 2 rings (SSSR count). The molecule has 0 saturated heterocycles. The highest BCUT2D eigenvalue weighted by Gasteiger charge is 2.21. The van der Waals surface area contributed by atoms with Crippen molar-refractivity contribution < 1.29 is 13.9 Å². The minimum absolute atomic E-state index is 0.193. The van der Waals surface area contributed by atoms with Crippen LogP contribution in [0.1, 0.15) is 23.6 Å². The van der Waals surface area contributed by atoms with E-state index in [1.807, 2.05) is 6.07 Å². The first-order valence-corrected chi connectivity index (χ1v) is 5.61. The Bertz CT molecular complexity index is 423. The second-order valence-corrected chi connectivity index (χ2v) is 4.06. The molecule has 0 spiro atoms. The summed E-state index contributed by atoms with van der Waals surface area (Å²) in [5.74, 6) is -0.193. The molecule has 1 aromatic carbocycles. The second-order valence-electron chi connectivity index (χ2n) is 4.06. The summed E-state index contributed by atoms with van der Waals surface area (Å²) in [6.45, 7) is 0.798. The zero-order chi connectivity index (χ0) is 12.3. The number of carbonyl (C=O) groups excluding carboxylic acids is 1. The average molecular weight is 238 g/mol. The Balaban J connectivity index is 1.87. The van der Waals surface area contributed by atoms with Gasteiger partial charge in [-0.1, -0.05) is 6.07 Å². The first-order chi connectivity index (χ1) is 8.16. The van der Waals surface area contributed by atoms with Crippen molar-refractivity contribution in [1.82, 2.24) is 5.32 Å². The van der Waals surface area contributed by atoms with E-state index in [1.165, 1.54) is 6.07 Å². The van der Waals surface area contributed by atoms with Crippen molar-refractivity contribution >= 4 is 6.09 Å². The van der Waals surface area contributed by atoms with Crippen LogP contribution in [0.4, 0.5) is 9.18 Å². The molecule has 1 aliphatic carbocycles. The molecule has 0 heterocycles. The Morgan fingerprint density at radius 1 is 1.59 bits per heavy atom. The lowest BCUT2D eigenvalue weighted by molar-refractivity contribution is 0.156. The van der Waals surface area contributed by atoms with Crippen LogP contribution in [0.2, 0.25) is 0 Å². The molecule has 0 aromatic heterocycles. The number of hydrogen-bond acceptors (Lipinski definition) is 3. The number of nitrogens with two attached hydrogens (primary N) is 1. The van der Waals surface area contributed by atoms with Crippen molar-refractivity contribution in [3.05, 3.63) is 35.1 Å². The van der Waals surface area contributed by atoms with Gasteiger partial charge in [-0.05, 0) is 36.1 Å². The van der Waals surface area contributed by atoms with Crippen LogP contribution in [0, 0.1) is 5.82 Å². The quantitative estimate of drug-likeness (QED) is 0.781. The maximum atomic E-state index is 13.0. The van der Waals surface area contributed by atoms with E-state index in [0.29, 0.717) is 6.54 Å². The maximum Gasteiger partial charge on any atom is 0.404 e. The summed E-state index contributed by atoms with van der Waals surface area (Å²) >= 11 is 0. The molecular weight excluding hydrogens is 223 g/mol. The molecule has 1 aliphatic rings. The van der Waals surface area contributed by atoms with Gasteiger partial charge < -0.3 is 15.8 Å². The number of primary amides is 1. The number of halogens is 1. The third kappa shape index (κ3) is 2.94. The van der Waals surface area contributed by atoms with Crippen LogP contribution in [-0.4, -0.2) is 19.2 Å². The van der Waals surface area contributed by atoms with Crippen LogP contribution in [0.25, 0.3) is 0 Å². The van der Waals surface area contributed by atoms with Crippen LogP contribution >= 0.6 is 0 Å². The monoisotopic (exact) mass is 238 g/mol. The number of aryl methyl sites for hydroxylation is 1. The lowest BCUT2D eigenvalue weighted by Crippen LogP contribution is -2.26. The van der Waals surface area contributed by atoms with Crippen LogP contribution < -0.4 is 11.1 Å². The average Bonchev–Trinajstić information content (AvgIpc) is 2.66.